The van der Waals surface area contributed by atoms with Gasteiger partial charge in [-0.1, -0.05) is 34.1 Å². The van der Waals surface area contributed by atoms with E-state index in [1.54, 1.807) is 6.07 Å². The molecule has 0 heterocycles. The molecule has 0 atom stereocenters. The predicted molar refractivity (Wildman–Crippen MR) is 48.9 cm³/mol. The minimum absolute atomic E-state index is 0.340. The zero-order valence-corrected chi connectivity index (χ0v) is 8.32. The van der Waals surface area contributed by atoms with Gasteiger partial charge in [0.15, 0.2) is 0 Å². The second-order valence-corrected chi connectivity index (χ2v) is 3.39. The van der Waals surface area contributed by atoms with Gasteiger partial charge in [-0.05, 0) is 18.1 Å². The first-order valence-corrected chi connectivity index (χ1v) is 4.89. The second-order valence-electron chi connectivity index (χ2n) is 2.59. The lowest BCUT2D eigenvalue weighted by atomic mass is 10.1. The lowest BCUT2D eigenvalue weighted by Gasteiger charge is -2.11. The lowest BCUT2D eigenvalue weighted by Crippen LogP contribution is -2.09. The Morgan fingerprint density at radius 3 is 2.31 bits per heavy atom. The number of aryl methyl sites for hydroxylation is 1. The third-order valence-electron chi connectivity index (χ3n) is 1.69. The first kappa shape index (κ1) is 10.6. The average Bonchev–Trinajstić information content (AvgIpc) is 2.04. The highest BCUT2D eigenvalue weighted by Gasteiger charge is 2.32. The van der Waals surface area contributed by atoms with Crippen LogP contribution in [0.2, 0.25) is 0 Å². The number of benzene rings is 1. The molecule has 13 heavy (non-hydrogen) atoms. The van der Waals surface area contributed by atoms with Crippen molar-refractivity contribution in [2.75, 3.05) is 5.33 Å². The van der Waals surface area contributed by atoms with Crippen LogP contribution in [-0.2, 0) is 12.6 Å². The normalized spacial score (nSPS) is 11.7. The van der Waals surface area contributed by atoms with Crippen LogP contribution in [-0.4, -0.2) is 5.33 Å². The van der Waals surface area contributed by atoms with E-state index in [-0.39, 0.29) is 0 Å². The van der Waals surface area contributed by atoms with Crippen molar-refractivity contribution in [1.82, 2.24) is 0 Å². The van der Waals surface area contributed by atoms with Gasteiger partial charge in [0.1, 0.15) is 0 Å². The fourth-order valence-corrected chi connectivity index (χ4v) is 1.54. The molecule has 0 amide bonds. The molecule has 0 fully saturated rings. The molecule has 0 nitrogen and oxygen atoms in total. The van der Waals surface area contributed by atoms with E-state index in [4.69, 9.17) is 0 Å². The van der Waals surface area contributed by atoms with Crippen LogP contribution in [0.5, 0.6) is 0 Å². The van der Waals surface area contributed by atoms with Gasteiger partial charge in [0.25, 0.3) is 0 Å². The third-order valence-corrected chi connectivity index (χ3v) is 2.08. The topological polar surface area (TPSA) is 0 Å². The van der Waals surface area contributed by atoms with E-state index in [0.29, 0.717) is 17.3 Å². The molecule has 0 aromatic heterocycles. The summed E-state index contributed by atoms with van der Waals surface area (Å²) in [7, 11) is 0. The lowest BCUT2D eigenvalue weighted by molar-refractivity contribution is -0.138. The molecule has 4 heteroatoms. The highest BCUT2D eigenvalue weighted by Crippen LogP contribution is 2.32. The molecule has 0 radical (unpaired) electrons. The highest BCUT2D eigenvalue weighted by atomic mass is 79.9. The van der Waals surface area contributed by atoms with E-state index in [0.717, 1.165) is 6.07 Å². The Labute approximate surface area is 82.9 Å². The first-order valence-electron chi connectivity index (χ1n) is 3.77. The molecule has 1 rings (SSSR count). The van der Waals surface area contributed by atoms with Gasteiger partial charge >= 0.3 is 6.18 Å². The molecule has 72 valence electrons. The Morgan fingerprint density at radius 2 is 1.77 bits per heavy atom. The maximum Gasteiger partial charge on any atom is 0.416 e. The Morgan fingerprint density at radius 1 is 1.15 bits per heavy atom. The van der Waals surface area contributed by atoms with E-state index in [2.05, 4.69) is 15.9 Å². The van der Waals surface area contributed by atoms with Crippen molar-refractivity contribution in [1.29, 1.82) is 0 Å². The van der Waals surface area contributed by atoms with Gasteiger partial charge in [0, 0.05) is 5.33 Å². The third kappa shape index (κ3) is 2.72. The monoisotopic (exact) mass is 252 g/mol. The van der Waals surface area contributed by atoms with Crippen LogP contribution in [0.4, 0.5) is 13.2 Å². The standard InChI is InChI=1S/C9H8BrF3/c10-6-5-7-3-1-2-4-8(7)9(11,12)13/h1-4H,5-6H2. The Bertz CT molecular complexity index is 280. The summed E-state index contributed by atoms with van der Waals surface area (Å²) in [5.41, 5.74) is -0.193. The first-order chi connectivity index (χ1) is 6.05. The molecule has 0 unspecified atom stereocenters. The minimum atomic E-state index is -4.24. The van der Waals surface area contributed by atoms with Crippen molar-refractivity contribution in [3.05, 3.63) is 35.4 Å². The molecular weight excluding hydrogens is 245 g/mol. The Hall–Kier alpha value is -0.510. The van der Waals surface area contributed by atoms with Crippen LogP contribution >= 0.6 is 15.9 Å². The molecule has 0 saturated carbocycles. The zero-order valence-electron chi connectivity index (χ0n) is 6.74. The smallest absolute Gasteiger partial charge is 0.166 e. The molecule has 0 spiro atoms. The maximum atomic E-state index is 12.4. The molecule has 0 aliphatic rings. The predicted octanol–water partition coefficient (Wildman–Crippen LogP) is 3.64. The van der Waals surface area contributed by atoms with Crippen LogP contribution < -0.4 is 0 Å². The largest absolute Gasteiger partial charge is 0.416 e. The van der Waals surface area contributed by atoms with E-state index in [1.165, 1.54) is 12.1 Å². The fraction of sp³-hybridized carbons (Fsp3) is 0.333. The molecule has 0 bridgehead atoms. The molecule has 0 aliphatic carbocycles. The second kappa shape index (κ2) is 4.13. The van der Waals surface area contributed by atoms with Crippen molar-refractivity contribution in [2.45, 2.75) is 12.6 Å². The van der Waals surface area contributed by atoms with Crippen LogP contribution in [0, 0.1) is 0 Å². The van der Waals surface area contributed by atoms with Gasteiger partial charge in [0.2, 0.25) is 0 Å². The summed E-state index contributed by atoms with van der Waals surface area (Å²) in [4.78, 5) is 0. The molecular formula is C9H8BrF3. The van der Waals surface area contributed by atoms with Gasteiger partial charge in [-0.25, -0.2) is 0 Å². The summed E-state index contributed by atoms with van der Waals surface area (Å²) < 4.78 is 37.1. The van der Waals surface area contributed by atoms with Crippen molar-refractivity contribution >= 4 is 15.9 Å². The molecule has 1 aromatic rings. The minimum Gasteiger partial charge on any atom is -0.166 e. The summed E-state index contributed by atoms with van der Waals surface area (Å²) in [6.07, 6.45) is -3.84. The maximum absolute atomic E-state index is 12.4. The molecule has 0 aliphatic heterocycles. The van der Waals surface area contributed by atoms with Crippen molar-refractivity contribution < 1.29 is 13.2 Å². The van der Waals surface area contributed by atoms with Crippen molar-refractivity contribution in [2.24, 2.45) is 0 Å². The van der Waals surface area contributed by atoms with Crippen LogP contribution in [0.1, 0.15) is 11.1 Å². The number of rotatable bonds is 2. The van der Waals surface area contributed by atoms with Gasteiger partial charge in [-0.15, -0.1) is 0 Å². The zero-order chi connectivity index (χ0) is 9.90. The summed E-state index contributed by atoms with van der Waals surface area (Å²) in [6.45, 7) is 0. The van der Waals surface area contributed by atoms with Crippen molar-refractivity contribution in [3.63, 3.8) is 0 Å². The number of hydrogen-bond donors (Lipinski definition) is 0. The van der Waals surface area contributed by atoms with Gasteiger partial charge in [-0.2, -0.15) is 13.2 Å². The number of hydrogen-bond acceptors (Lipinski definition) is 0. The summed E-state index contributed by atoms with van der Waals surface area (Å²) >= 11 is 3.12. The van der Waals surface area contributed by atoms with E-state index < -0.39 is 11.7 Å². The summed E-state index contributed by atoms with van der Waals surface area (Å²) in [6, 6.07) is 5.63. The van der Waals surface area contributed by atoms with E-state index >= 15 is 0 Å². The Kier molecular flexibility index (Phi) is 3.36. The number of alkyl halides is 4. The SMILES string of the molecule is FC(F)(F)c1ccccc1CCBr. The van der Waals surface area contributed by atoms with Crippen LogP contribution in [0.15, 0.2) is 24.3 Å². The molecule has 0 saturated heterocycles. The van der Waals surface area contributed by atoms with Gasteiger partial charge in [-0.3, -0.25) is 0 Å². The van der Waals surface area contributed by atoms with Crippen molar-refractivity contribution in [3.8, 4) is 0 Å². The molecule has 1 aromatic carbocycles. The van der Waals surface area contributed by atoms with E-state index in [9.17, 15) is 13.2 Å². The number of halogens is 4. The average molecular weight is 253 g/mol. The fourth-order valence-electron chi connectivity index (χ4n) is 1.12. The van der Waals surface area contributed by atoms with E-state index in [1.807, 2.05) is 0 Å². The quantitative estimate of drug-likeness (QED) is 0.706. The Balaban J connectivity index is 3.05. The highest BCUT2D eigenvalue weighted by molar-refractivity contribution is 9.09. The summed E-state index contributed by atoms with van der Waals surface area (Å²) in [5.74, 6) is 0. The van der Waals surface area contributed by atoms with Crippen LogP contribution in [0.25, 0.3) is 0 Å². The van der Waals surface area contributed by atoms with Gasteiger partial charge in [0.05, 0.1) is 5.56 Å². The van der Waals surface area contributed by atoms with Gasteiger partial charge < -0.3 is 0 Å². The molecule has 0 N–H and O–H groups in total. The summed E-state index contributed by atoms with van der Waals surface area (Å²) in [5, 5.41) is 0.542. The van der Waals surface area contributed by atoms with Crippen LogP contribution in [0.3, 0.4) is 0 Å².